The number of nitrogens with two attached hydrogens (primary N) is 1. The predicted octanol–water partition coefficient (Wildman–Crippen LogP) is -0.192. The Hall–Kier alpha value is -0.650. The number of likely N-dealkylation sites (N-methyl/N-ethyl adjacent to an activating group) is 1. The van der Waals surface area contributed by atoms with Crippen LogP contribution in [0.25, 0.3) is 0 Å². The van der Waals surface area contributed by atoms with Crippen LogP contribution in [-0.2, 0) is 9.53 Å². The fourth-order valence-electron chi connectivity index (χ4n) is 1.80. The number of hydrogen-bond donors (Lipinski definition) is 2. The average molecular weight is 243 g/mol. The van der Waals surface area contributed by atoms with Gasteiger partial charge >= 0.3 is 0 Å². The molecule has 1 aliphatic heterocycles. The topological polar surface area (TPSA) is 67.6 Å². The van der Waals surface area contributed by atoms with E-state index in [0.717, 1.165) is 26.1 Å². The zero-order valence-electron chi connectivity index (χ0n) is 10.9. The molecule has 0 radical (unpaired) electrons. The number of carbonyl (C=O) groups is 1. The summed E-state index contributed by atoms with van der Waals surface area (Å²) in [4.78, 5) is 13.8. The van der Waals surface area contributed by atoms with E-state index in [1.54, 1.807) is 0 Å². The smallest absolute Gasteiger partial charge is 0.220 e. The first-order chi connectivity index (χ1) is 8.11. The Morgan fingerprint density at radius 2 is 2.41 bits per heavy atom. The minimum Gasteiger partial charge on any atom is -0.374 e. The second-order valence-electron chi connectivity index (χ2n) is 4.94. The Bertz CT molecular complexity index is 236. The van der Waals surface area contributed by atoms with Crippen LogP contribution in [0.4, 0.5) is 0 Å². The lowest BCUT2D eigenvalue weighted by Crippen LogP contribution is -2.45. The van der Waals surface area contributed by atoms with Gasteiger partial charge in [-0.05, 0) is 25.9 Å². The number of carbonyl (C=O) groups excluding carboxylic acids is 1. The van der Waals surface area contributed by atoms with E-state index in [1.807, 2.05) is 0 Å². The second kappa shape index (κ2) is 7.63. The predicted molar refractivity (Wildman–Crippen MR) is 67.7 cm³/mol. The van der Waals surface area contributed by atoms with E-state index in [4.69, 9.17) is 10.5 Å². The van der Waals surface area contributed by atoms with Gasteiger partial charge in [0.15, 0.2) is 0 Å². The lowest BCUT2D eigenvalue weighted by atomic mass is 10.1. The maximum absolute atomic E-state index is 11.6. The van der Waals surface area contributed by atoms with Crippen molar-refractivity contribution in [3.8, 4) is 0 Å². The first-order valence-corrected chi connectivity index (χ1v) is 6.38. The standard InChI is InChI=1S/C12H25N3O2/c1-10(7-13)3-4-12(16)14-8-11-9-15(2)5-6-17-11/h10-11H,3-9,13H2,1-2H3,(H,14,16). The van der Waals surface area contributed by atoms with Crippen LogP contribution in [0.1, 0.15) is 19.8 Å². The van der Waals surface area contributed by atoms with Gasteiger partial charge in [-0.3, -0.25) is 4.79 Å². The van der Waals surface area contributed by atoms with Crippen molar-refractivity contribution >= 4 is 5.91 Å². The van der Waals surface area contributed by atoms with Crippen LogP contribution >= 0.6 is 0 Å². The molecule has 1 heterocycles. The summed E-state index contributed by atoms with van der Waals surface area (Å²) in [6.45, 7) is 5.93. The minimum atomic E-state index is 0.0992. The van der Waals surface area contributed by atoms with Gasteiger partial charge in [-0.1, -0.05) is 6.92 Å². The molecular formula is C12H25N3O2. The normalized spacial score (nSPS) is 23.4. The largest absolute Gasteiger partial charge is 0.374 e. The maximum Gasteiger partial charge on any atom is 0.220 e. The summed E-state index contributed by atoms with van der Waals surface area (Å²) in [7, 11) is 2.07. The third kappa shape index (κ3) is 6.00. The number of amides is 1. The minimum absolute atomic E-state index is 0.0992. The van der Waals surface area contributed by atoms with Crippen molar-refractivity contribution in [1.82, 2.24) is 10.2 Å². The molecule has 1 aliphatic rings. The van der Waals surface area contributed by atoms with Crippen LogP contribution in [0, 0.1) is 5.92 Å². The van der Waals surface area contributed by atoms with Gasteiger partial charge in [0.05, 0.1) is 12.7 Å². The van der Waals surface area contributed by atoms with Gasteiger partial charge in [-0.25, -0.2) is 0 Å². The molecule has 0 aliphatic carbocycles. The van der Waals surface area contributed by atoms with Gasteiger partial charge in [0.2, 0.25) is 5.91 Å². The first kappa shape index (κ1) is 14.4. The highest BCUT2D eigenvalue weighted by Gasteiger charge is 2.18. The Balaban J connectivity index is 2.10. The summed E-state index contributed by atoms with van der Waals surface area (Å²) < 4.78 is 5.57. The quantitative estimate of drug-likeness (QED) is 0.678. The fraction of sp³-hybridized carbons (Fsp3) is 0.917. The summed E-state index contributed by atoms with van der Waals surface area (Å²) in [6, 6.07) is 0. The molecule has 2 unspecified atom stereocenters. The van der Waals surface area contributed by atoms with Gasteiger partial charge in [-0.15, -0.1) is 0 Å². The summed E-state index contributed by atoms with van der Waals surface area (Å²) in [5, 5.41) is 2.92. The molecule has 0 aromatic carbocycles. The van der Waals surface area contributed by atoms with E-state index in [9.17, 15) is 4.79 Å². The van der Waals surface area contributed by atoms with Crippen molar-refractivity contribution in [2.75, 3.05) is 39.8 Å². The molecule has 2 atom stereocenters. The highest BCUT2D eigenvalue weighted by Crippen LogP contribution is 2.04. The van der Waals surface area contributed by atoms with Crippen LogP contribution in [-0.4, -0.2) is 56.7 Å². The van der Waals surface area contributed by atoms with E-state index >= 15 is 0 Å². The molecule has 5 nitrogen and oxygen atoms in total. The van der Waals surface area contributed by atoms with Crippen LogP contribution in [0.3, 0.4) is 0 Å². The number of morpholine rings is 1. The molecule has 0 aromatic heterocycles. The van der Waals surface area contributed by atoms with E-state index < -0.39 is 0 Å². The van der Waals surface area contributed by atoms with Gasteiger partial charge in [-0.2, -0.15) is 0 Å². The van der Waals surface area contributed by atoms with Crippen molar-refractivity contribution in [1.29, 1.82) is 0 Å². The van der Waals surface area contributed by atoms with Crippen LogP contribution < -0.4 is 11.1 Å². The lowest BCUT2D eigenvalue weighted by molar-refractivity contribution is -0.122. The molecule has 0 spiro atoms. The molecule has 100 valence electrons. The number of rotatable bonds is 6. The van der Waals surface area contributed by atoms with Crippen molar-refractivity contribution in [2.24, 2.45) is 11.7 Å². The molecule has 0 bridgehead atoms. The van der Waals surface area contributed by atoms with Crippen molar-refractivity contribution in [3.63, 3.8) is 0 Å². The third-order valence-corrected chi connectivity index (χ3v) is 3.14. The van der Waals surface area contributed by atoms with E-state index in [2.05, 4.69) is 24.2 Å². The van der Waals surface area contributed by atoms with Crippen molar-refractivity contribution in [2.45, 2.75) is 25.9 Å². The molecule has 0 aromatic rings. The molecule has 17 heavy (non-hydrogen) atoms. The zero-order chi connectivity index (χ0) is 12.7. The Morgan fingerprint density at radius 1 is 1.65 bits per heavy atom. The number of nitrogens with zero attached hydrogens (tertiary/aromatic N) is 1. The van der Waals surface area contributed by atoms with Gasteiger partial charge in [0.1, 0.15) is 0 Å². The summed E-state index contributed by atoms with van der Waals surface area (Å²) in [6.07, 6.45) is 1.54. The summed E-state index contributed by atoms with van der Waals surface area (Å²) >= 11 is 0. The molecule has 1 rings (SSSR count). The molecular weight excluding hydrogens is 218 g/mol. The van der Waals surface area contributed by atoms with Crippen LogP contribution in [0.2, 0.25) is 0 Å². The second-order valence-corrected chi connectivity index (χ2v) is 4.94. The number of ether oxygens (including phenoxy) is 1. The van der Waals surface area contributed by atoms with Crippen molar-refractivity contribution < 1.29 is 9.53 Å². The first-order valence-electron chi connectivity index (χ1n) is 6.38. The average Bonchev–Trinajstić information content (AvgIpc) is 2.33. The van der Waals surface area contributed by atoms with Gasteiger partial charge in [0.25, 0.3) is 0 Å². The Kier molecular flexibility index (Phi) is 6.47. The Labute approximate surface area is 104 Å². The fourth-order valence-corrected chi connectivity index (χ4v) is 1.80. The van der Waals surface area contributed by atoms with E-state index in [-0.39, 0.29) is 12.0 Å². The number of hydrogen-bond acceptors (Lipinski definition) is 4. The molecule has 0 saturated carbocycles. The Morgan fingerprint density at radius 3 is 3.06 bits per heavy atom. The molecule has 5 heteroatoms. The number of nitrogens with one attached hydrogen (secondary N) is 1. The SMILES string of the molecule is CC(CN)CCC(=O)NCC1CN(C)CCO1. The lowest BCUT2D eigenvalue weighted by Gasteiger charge is -2.30. The van der Waals surface area contributed by atoms with E-state index in [0.29, 0.717) is 25.4 Å². The maximum atomic E-state index is 11.6. The highest BCUT2D eigenvalue weighted by atomic mass is 16.5. The van der Waals surface area contributed by atoms with Crippen molar-refractivity contribution in [3.05, 3.63) is 0 Å². The molecule has 3 N–H and O–H groups in total. The molecule has 1 fully saturated rings. The molecule has 1 amide bonds. The molecule has 1 saturated heterocycles. The van der Waals surface area contributed by atoms with E-state index in [1.165, 1.54) is 0 Å². The monoisotopic (exact) mass is 243 g/mol. The van der Waals surface area contributed by atoms with Gasteiger partial charge in [0, 0.05) is 26.1 Å². The van der Waals surface area contributed by atoms with Crippen LogP contribution in [0.5, 0.6) is 0 Å². The summed E-state index contributed by atoms with van der Waals surface area (Å²) in [5.41, 5.74) is 5.51. The zero-order valence-corrected chi connectivity index (χ0v) is 10.9. The van der Waals surface area contributed by atoms with Crippen LogP contribution in [0.15, 0.2) is 0 Å². The third-order valence-electron chi connectivity index (χ3n) is 3.14. The highest BCUT2D eigenvalue weighted by molar-refractivity contribution is 5.75. The van der Waals surface area contributed by atoms with Gasteiger partial charge < -0.3 is 20.7 Å². The summed E-state index contributed by atoms with van der Waals surface area (Å²) in [5.74, 6) is 0.514.